The van der Waals surface area contributed by atoms with Crippen LogP contribution in [0.5, 0.6) is 0 Å². The number of anilines is 1. The second-order valence-electron chi connectivity index (χ2n) is 6.71. The molecule has 0 saturated carbocycles. The van der Waals surface area contributed by atoms with Gasteiger partial charge in [0.05, 0.1) is 19.8 Å². The Hall–Kier alpha value is -1.80. The highest BCUT2D eigenvalue weighted by Gasteiger charge is 2.43. The number of ether oxygens (including phenoxy) is 1. The van der Waals surface area contributed by atoms with Crippen LogP contribution in [0, 0.1) is 0 Å². The summed E-state index contributed by atoms with van der Waals surface area (Å²) in [6.07, 6.45) is -0.115. The minimum atomic E-state index is -4.35. The van der Waals surface area contributed by atoms with E-state index in [0.29, 0.717) is 13.2 Å². The molecule has 1 saturated heterocycles. The fourth-order valence-electron chi connectivity index (χ4n) is 3.58. The van der Waals surface area contributed by atoms with Crippen molar-refractivity contribution in [2.75, 3.05) is 38.2 Å². The molecule has 0 spiro atoms. The molecule has 1 aromatic rings. The molecule has 0 radical (unpaired) electrons. The van der Waals surface area contributed by atoms with Crippen molar-refractivity contribution in [1.82, 2.24) is 4.90 Å². The number of fused-ring (bicyclic) bond motifs is 1. The lowest BCUT2D eigenvalue weighted by Crippen LogP contribution is -2.52. The molecule has 26 heavy (non-hydrogen) atoms. The lowest BCUT2D eigenvalue weighted by molar-refractivity contribution is -0.188. The molecule has 2 aliphatic rings. The first-order valence-electron chi connectivity index (χ1n) is 9.01. The van der Waals surface area contributed by atoms with Crippen LogP contribution < -0.4 is 11.1 Å². The van der Waals surface area contributed by atoms with E-state index in [2.05, 4.69) is 16.4 Å². The van der Waals surface area contributed by atoms with Gasteiger partial charge in [0.2, 0.25) is 0 Å². The van der Waals surface area contributed by atoms with Crippen LogP contribution in [0.1, 0.15) is 24.0 Å². The molecule has 0 amide bonds. The summed E-state index contributed by atoms with van der Waals surface area (Å²) >= 11 is 0. The van der Waals surface area contributed by atoms with E-state index in [1.807, 2.05) is 12.1 Å². The Labute approximate surface area is 151 Å². The van der Waals surface area contributed by atoms with E-state index >= 15 is 0 Å². The predicted octanol–water partition coefficient (Wildman–Crippen LogP) is 2.56. The average molecular weight is 370 g/mol. The fourth-order valence-corrected chi connectivity index (χ4v) is 3.58. The van der Waals surface area contributed by atoms with Crippen molar-refractivity contribution >= 4 is 11.6 Å². The highest BCUT2D eigenvalue weighted by molar-refractivity contribution is 5.93. The highest BCUT2D eigenvalue weighted by atomic mass is 19.4. The lowest BCUT2D eigenvalue weighted by atomic mass is 9.90. The number of nitrogens with one attached hydrogen (secondary N) is 1. The van der Waals surface area contributed by atoms with Crippen LogP contribution in [0.4, 0.5) is 18.9 Å². The zero-order chi connectivity index (χ0) is 18.6. The maximum Gasteiger partial charge on any atom is 0.405 e. The molecule has 1 aromatic carbocycles. The van der Waals surface area contributed by atoms with Gasteiger partial charge in [-0.05, 0) is 42.9 Å². The number of alkyl halides is 3. The number of hydrogen-bond donors (Lipinski definition) is 2. The van der Waals surface area contributed by atoms with Crippen LogP contribution in [0.3, 0.4) is 0 Å². The first-order chi connectivity index (χ1) is 12.4. The summed E-state index contributed by atoms with van der Waals surface area (Å²) in [7, 11) is 0. The quantitative estimate of drug-likeness (QED) is 0.632. The van der Waals surface area contributed by atoms with Gasteiger partial charge in [-0.15, -0.1) is 0 Å². The molecule has 5 nitrogen and oxygen atoms in total. The van der Waals surface area contributed by atoms with E-state index in [4.69, 9.17) is 10.5 Å². The fraction of sp³-hybridized carbons (Fsp3) is 0.611. The SMILES string of the molecule is NC(=NCC(N1CCOCC1)C(F)(F)F)Nc1cccc2c1CCCC2. The first-order valence-corrected chi connectivity index (χ1v) is 9.01. The van der Waals surface area contributed by atoms with Crippen molar-refractivity contribution in [1.29, 1.82) is 0 Å². The Morgan fingerprint density at radius 3 is 2.69 bits per heavy atom. The largest absolute Gasteiger partial charge is 0.405 e. The second-order valence-corrected chi connectivity index (χ2v) is 6.71. The molecule has 144 valence electrons. The minimum absolute atomic E-state index is 0.0199. The van der Waals surface area contributed by atoms with Crippen LogP contribution in [0.2, 0.25) is 0 Å². The minimum Gasteiger partial charge on any atom is -0.379 e. The number of aryl methyl sites for hydroxylation is 1. The molecule has 3 N–H and O–H groups in total. The highest BCUT2D eigenvalue weighted by Crippen LogP contribution is 2.28. The van der Waals surface area contributed by atoms with Crippen LogP contribution in [-0.2, 0) is 17.6 Å². The van der Waals surface area contributed by atoms with Gasteiger partial charge in [0, 0.05) is 18.8 Å². The van der Waals surface area contributed by atoms with Crippen LogP contribution in [-0.4, -0.2) is 55.9 Å². The summed E-state index contributed by atoms with van der Waals surface area (Å²) in [5.74, 6) is 0.0199. The van der Waals surface area contributed by atoms with Gasteiger partial charge in [-0.2, -0.15) is 13.2 Å². The molecular weight excluding hydrogens is 345 g/mol. The summed E-state index contributed by atoms with van der Waals surface area (Å²) in [6.45, 7) is 0.691. The van der Waals surface area contributed by atoms with Crippen molar-refractivity contribution in [2.24, 2.45) is 10.7 Å². The number of nitrogens with two attached hydrogens (primary N) is 1. The van der Waals surface area contributed by atoms with Crippen molar-refractivity contribution in [2.45, 2.75) is 37.9 Å². The number of aliphatic imine (C=N–C) groups is 1. The van der Waals surface area contributed by atoms with E-state index in [1.54, 1.807) is 0 Å². The van der Waals surface area contributed by atoms with Crippen LogP contribution >= 0.6 is 0 Å². The molecule has 1 atom stereocenters. The maximum atomic E-state index is 13.4. The third-order valence-electron chi connectivity index (χ3n) is 4.96. The van der Waals surface area contributed by atoms with Gasteiger partial charge in [-0.3, -0.25) is 9.89 Å². The Morgan fingerprint density at radius 2 is 1.96 bits per heavy atom. The number of nitrogens with zero attached hydrogens (tertiary/aromatic N) is 2. The number of rotatable bonds is 4. The van der Waals surface area contributed by atoms with E-state index in [1.165, 1.54) is 16.0 Å². The molecule has 1 unspecified atom stereocenters. The molecule has 0 aromatic heterocycles. The Bertz CT molecular complexity index is 642. The zero-order valence-electron chi connectivity index (χ0n) is 14.7. The third kappa shape index (κ3) is 4.67. The summed E-state index contributed by atoms with van der Waals surface area (Å²) in [5.41, 5.74) is 9.20. The molecule has 3 rings (SSSR count). The molecule has 0 bridgehead atoms. The number of halogens is 3. The van der Waals surface area contributed by atoms with Gasteiger partial charge in [-0.25, -0.2) is 0 Å². The van der Waals surface area contributed by atoms with Crippen molar-refractivity contribution in [3.8, 4) is 0 Å². The average Bonchev–Trinajstić information content (AvgIpc) is 2.62. The molecule has 1 aliphatic carbocycles. The Morgan fingerprint density at radius 1 is 1.23 bits per heavy atom. The predicted molar refractivity (Wildman–Crippen MR) is 95.4 cm³/mol. The van der Waals surface area contributed by atoms with Gasteiger partial charge in [0.25, 0.3) is 0 Å². The van der Waals surface area contributed by atoms with Gasteiger partial charge >= 0.3 is 6.18 Å². The smallest absolute Gasteiger partial charge is 0.379 e. The third-order valence-corrected chi connectivity index (χ3v) is 4.96. The zero-order valence-corrected chi connectivity index (χ0v) is 14.7. The van der Waals surface area contributed by atoms with Crippen molar-refractivity contribution in [3.05, 3.63) is 29.3 Å². The van der Waals surface area contributed by atoms with Gasteiger partial charge < -0.3 is 15.8 Å². The topological polar surface area (TPSA) is 62.9 Å². The van der Waals surface area contributed by atoms with Crippen molar-refractivity contribution < 1.29 is 17.9 Å². The monoisotopic (exact) mass is 370 g/mol. The summed E-state index contributed by atoms with van der Waals surface area (Å²) in [6, 6.07) is 4.28. The summed E-state index contributed by atoms with van der Waals surface area (Å²) in [4.78, 5) is 5.36. The van der Waals surface area contributed by atoms with E-state index in [9.17, 15) is 13.2 Å². The summed E-state index contributed by atoms with van der Waals surface area (Å²) < 4.78 is 45.3. The van der Waals surface area contributed by atoms with Crippen LogP contribution in [0.15, 0.2) is 23.2 Å². The van der Waals surface area contributed by atoms with E-state index in [-0.39, 0.29) is 19.0 Å². The van der Waals surface area contributed by atoms with Gasteiger partial charge in [-0.1, -0.05) is 12.1 Å². The van der Waals surface area contributed by atoms with Crippen LogP contribution in [0.25, 0.3) is 0 Å². The van der Waals surface area contributed by atoms with E-state index in [0.717, 1.165) is 31.4 Å². The molecule has 1 fully saturated rings. The molecule has 1 heterocycles. The second kappa shape index (κ2) is 8.26. The van der Waals surface area contributed by atoms with Gasteiger partial charge in [0.1, 0.15) is 6.04 Å². The number of benzene rings is 1. The number of guanidine groups is 1. The Kier molecular flexibility index (Phi) is 6.03. The lowest BCUT2D eigenvalue weighted by Gasteiger charge is -2.34. The number of morpholine rings is 1. The van der Waals surface area contributed by atoms with Crippen molar-refractivity contribution in [3.63, 3.8) is 0 Å². The normalized spacial score (nSPS) is 20.5. The molecule has 8 heteroatoms. The Balaban J connectivity index is 1.68. The molecular formula is C18H25F3N4O. The number of hydrogen-bond acceptors (Lipinski definition) is 3. The van der Waals surface area contributed by atoms with Gasteiger partial charge in [0.15, 0.2) is 5.96 Å². The summed E-state index contributed by atoms with van der Waals surface area (Å²) in [5, 5.41) is 3.00. The molecule has 1 aliphatic heterocycles. The van der Waals surface area contributed by atoms with E-state index < -0.39 is 18.8 Å². The standard InChI is InChI=1S/C18H25F3N4O/c19-18(20,21)16(25-8-10-26-11-9-25)12-23-17(22)24-15-7-3-5-13-4-1-2-6-14(13)15/h3,5,7,16H,1-2,4,6,8-12H2,(H3,22,23,24). The first kappa shape index (κ1) is 19.0. The maximum absolute atomic E-state index is 13.4.